The van der Waals surface area contributed by atoms with Gasteiger partial charge in [-0.1, -0.05) is 34.1 Å². The molecule has 0 radical (unpaired) electrons. The van der Waals surface area contributed by atoms with Crippen molar-refractivity contribution in [2.24, 2.45) is 5.10 Å². The maximum absolute atomic E-state index is 11.0. The molecular formula is C14H12BrN3O3. The summed E-state index contributed by atoms with van der Waals surface area (Å²) in [5.41, 5.74) is 3.84. The van der Waals surface area contributed by atoms with E-state index in [-0.39, 0.29) is 11.3 Å². The van der Waals surface area contributed by atoms with Crippen molar-refractivity contribution in [1.29, 1.82) is 0 Å². The Balaban J connectivity index is 2.30. The molecule has 0 saturated heterocycles. The van der Waals surface area contributed by atoms with Gasteiger partial charge in [-0.2, -0.15) is 5.10 Å². The molecule has 0 atom stereocenters. The summed E-state index contributed by atoms with van der Waals surface area (Å²) in [5.74, 6) is -0.403. The van der Waals surface area contributed by atoms with Crippen LogP contribution in [0, 0.1) is 17.0 Å². The molecule has 2 rings (SSSR count). The van der Waals surface area contributed by atoms with Crippen LogP contribution in [0.5, 0.6) is 5.75 Å². The van der Waals surface area contributed by atoms with E-state index < -0.39 is 10.7 Å². The lowest BCUT2D eigenvalue weighted by atomic mass is 10.1. The maximum atomic E-state index is 11.0. The Morgan fingerprint density at radius 1 is 1.38 bits per heavy atom. The molecule has 108 valence electrons. The number of aromatic hydroxyl groups is 1. The van der Waals surface area contributed by atoms with Crippen LogP contribution in [0.2, 0.25) is 0 Å². The quantitative estimate of drug-likeness (QED) is 0.499. The first-order valence-electron chi connectivity index (χ1n) is 6.01. The van der Waals surface area contributed by atoms with Crippen molar-refractivity contribution >= 4 is 33.5 Å². The van der Waals surface area contributed by atoms with Crippen LogP contribution in [0.1, 0.15) is 11.1 Å². The van der Waals surface area contributed by atoms with E-state index in [1.807, 2.05) is 30.3 Å². The summed E-state index contributed by atoms with van der Waals surface area (Å²) >= 11 is 3.24. The first-order valence-corrected chi connectivity index (χ1v) is 6.80. The molecule has 0 bridgehead atoms. The molecule has 2 aromatic rings. The number of para-hydroxylation sites is 1. The van der Waals surface area contributed by atoms with Gasteiger partial charge in [0, 0.05) is 15.6 Å². The molecule has 0 aliphatic carbocycles. The summed E-state index contributed by atoms with van der Waals surface area (Å²) in [6, 6.07) is 10.8. The summed E-state index contributed by atoms with van der Waals surface area (Å²) in [4.78, 5) is 10.4. The molecule has 0 unspecified atom stereocenters. The van der Waals surface area contributed by atoms with Crippen molar-refractivity contribution in [3.05, 3.63) is 62.1 Å². The van der Waals surface area contributed by atoms with Gasteiger partial charge in [0.2, 0.25) is 5.75 Å². The van der Waals surface area contributed by atoms with Gasteiger partial charge in [0.05, 0.1) is 16.8 Å². The van der Waals surface area contributed by atoms with E-state index in [0.717, 1.165) is 5.69 Å². The molecule has 0 spiro atoms. The second-order valence-electron chi connectivity index (χ2n) is 4.26. The van der Waals surface area contributed by atoms with Gasteiger partial charge >= 0.3 is 5.69 Å². The first-order chi connectivity index (χ1) is 10.0. The fourth-order valence-corrected chi connectivity index (χ4v) is 2.19. The van der Waals surface area contributed by atoms with Crippen molar-refractivity contribution in [2.75, 3.05) is 5.43 Å². The van der Waals surface area contributed by atoms with Crippen LogP contribution in [0.15, 0.2) is 46.0 Å². The number of anilines is 1. The number of rotatable bonds is 4. The number of hydrogen-bond acceptors (Lipinski definition) is 5. The lowest BCUT2D eigenvalue weighted by molar-refractivity contribution is -0.386. The van der Waals surface area contributed by atoms with E-state index in [9.17, 15) is 15.2 Å². The third kappa shape index (κ3) is 3.38. The number of phenols is 1. The van der Waals surface area contributed by atoms with Gasteiger partial charge in [0.25, 0.3) is 0 Å². The van der Waals surface area contributed by atoms with Crippen molar-refractivity contribution in [3.63, 3.8) is 0 Å². The van der Waals surface area contributed by atoms with Crippen LogP contribution >= 0.6 is 15.9 Å². The monoisotopic (exact) mass is 349 g/mol. The second kappa shape index (κ2) is 6.36. The SMILES string of the molecule is Cc1c(Br)cc(C=NNc2ccccc2)c(O)c1[N+](=O)[O-]. The smallest absolute Gasteiger partial charge is 0.315 e. The fourth-order valence-electron chi connectivity index (χ4n) is 1.75. The largest absolute Gasteiger partial charge is 0.502 e. The van der Waals surface area contributed by atoms with Crippen molar-refractivity contribution in [1.82, 2.24) is 0 Å². The Labute approximate surface area is 129 Å². The van der Waals surface area contributed by atoms with Gasteiger partial charge in [-0.25, -0.2) is 0 Å². The van der Waals surface area contributed by atoms with Crippen LogP contribution in [0.4, 0.5) is 11.4 Å². The highest BCUT2D eigenvalue weighted by Gasteiger charge is 2.22. The van der Waals surface area contributed by atoms with Crippen LogP contribution in [-0.2, 0) is 0 Å². The number of nitro groups is 1. The average Bonchev–Trinajstić information content (AvgIpc) is 2.45. The lowest BCUT2D eigenvalue weighted by Crippen LogP contribution is -1.98. The summed E-state index contributed by atoms with van der Waals surface area (Å²) in [6.45, 7) is 1.56. The molecule has 0 aliphatic rings. The Bertz CT molecular complexity index is 702. The van der Waals surface area contributed by atoms with Crippen molar-refractivity contribution in [3.8, 4) is 5.75 Å². The number of benzene rings is 2. The van der Waals surface area contributed by atoms with Crippen LogP contribution in [-0.4, -0.2) is 16.2 Å². The van der Waals surface area contributed by atoms with Gasteiger partial charge in [0.1, 0.15) is 0 Å². The number of nitro benzene ring substituents is 1. The lowest BCUT2D eigenvalue weighted by Gasteiger charge is -2.06. The van der Waals surface area contributed by atoms with E-state index in [4.69, 9.17) is 0 Å². The van der Waals surface area contributed by atoms with Crippen molar-refractivity contribution in [2.45, 2.75) is 6.92 Å². The molecule has 0 amide bonds. The predicted molar refractivity (Wildman–Crippen MR) is 84.9 cm³/mol. The van der Waals surface area contributed by atoms with E-state index in [1.54, 1.807) is 13.0 Å². The van der Waals surface area contributed by atoms with Crippen LogP contribution in [0.25, 0.3) is 0 Å². The second-order valence-corrected chi connectivity index (χ2v) is 5.12. The highest BCUT2D eigenvalue weighted by Crippen LogP contribution is 2.37. The molecule has 2 N–H and O–H groups in total. The van der Waals surface area contributed by atoms with Gasteiger partial charge in [0.15, 0.2) is 0 Å². The number of nitrogens with zero attached hydrogens (tertiary/aromatic N) is 2. The van der Waals surface area contributed by atoms with Gasteiger partial charge < -0.3 is 5.11 Å². The number of phenolic OH excluding ortho intramolecular Hbond substituents is 1. The highest BCUT2D eigenvalue weighted by atomic mass is 79.9. The van der Waals surface area contributed by atoms with E-state index in [1.165, 1.54) is 6.21 Å². The standard InChI is InChI=1S/C14H12BrN3O3/c1-9-12(15)7-10(14(19)13(9)18(20)21)8-16-17-11-5-3-2-4-6-11/h2-8,17,19H,1H3. The maximum Gasteiger partial charge on any atom is 0.315 e. The van der Waals surface area contributed by atoms with Gasteiger partial charge in [-0.3, -0.25) is 15.5 Å². The molecule has 0 saturated carbocycles. The van der Waals surface area contributed by atoms with Gasteiger partial charge in [-0.05, 0) is 25.1 Å². The molecule has 2 aromatic carbocycles. The summed E-state index contributed by atoms with van der Waals surface area (Å²) in [7, 11) is 0. The number of hydrogen-bond donors (Lipinski definition) is 2. The molecule has 0 fully saturated rings. The Hall–Kier alpha value is -2.41. The third-order valence-corrected chi connectivity index (χ3v) is 3.67. The minimum atomic E-state index is -0.614. The zero-order valence-corrected chi connectivity index (χ0v) is 12.7. The van der Waals surface area contributed by atoms with E-state index in [0.29, 0.717) is 10.0 Å². The molecule has 6 nitrogen and oxygen atoms in total. The predicted octanol–water partition coefficient (Wildman–Crippen LogP) is 3.82. The number of halogens is 1. The minimum Gasteiger partial charge on any atom is -0.502 e. The molecule has 21 heavy (non-hydrogen) atoms. The topological polar surface area (TPSA) is 87.8 Å². The fraction of sp³-hybridized carbons (Fsp3) is 0.0714. The van der Waals surface area contributed by atoms with E-state index in [2.05, 4.69) is 26.5 Å². The molecule has 0 aromatic heterocycles. The third-order valence-electron chi connectivity index (χ3n) is 2.85. The highest BCUT2D eigenvalue weighted by molar-refractivity contribution is 9.10. The molecule has 7 heteroatoms. The molecule has 0 aliphatic heterocycles. The molecule has 0 heterocycles. The van der Waals surface area contributed by atoms with Gasteiger partial charge in [-0.15, -0.1) is 0 Å². The Kier molecular flexibility index (Phi) is 4.54. The van der Waals surface area contributed by atoms with Crippen molar-refractivity contribution < 1.29 is 10.0 Å². The zero-order valence-electron chi connectivity index (χ0n) is 11.1. The minimum absolute atomic E-state index is 0.252. The molecular weight excluding hydrogens is 338 g/mol. The van der Waals surface area contributed by atoms with E-state index >= 15 is 0 Å². The summed E-state index contributed by atoms with van der Waals surface area (Å²) < 4.78 is 0.535. The van der Waals surface area contributed by atoms with Crippen LogP contribution in [0.3, 0.4) is 0 Å². The number of hydrazone groups is 1. The average molecular weight is 350 g/mol. The first kappa shape index (κ1) is 15.0. The number of nitrogens with one attached hydrogen (secondary N) is 1. The zero-order chi connectivity index (χ0) is 15.4. The Morgan fingerprint density at radius 3 is 2.67 bits per heavy atom. The summed E-state index contributed by atoms with van der Waals surface area (Å²) in [6.07, 6.45) is 1.33. The summed E-state index contributed by atoms with van der Waals surface area (Å²) in [5, 5.41) is 25.0. The Morgan fingerprint density at radius 2 is 2.05 bits per heavy atom. The normalized spacial score (nSPS) is 10.8. The van der Waals surface area contributed by atoms with Crippen LogP contribution < -0.4 is 5.43 Å².